The summed E-state index contributed by atoms with van der Waals surface area (Å²) in [6.07, 6.45) is 21.5. The topological polar surface area (TPSA) is 63.4 Å². The Kier molecular flexibility index (Phi) is 16.1. The average molecular weight is 423 g/mol. The third-order valence-electron chi connectivity index (χ3n) is 6.58. The Balaban J connectivity index is 2.43. The van der Waals surface area contributed by atoms with Crippen LogP contribution in [0, 0.1) is 0 Å². The summed E-state index contributed by atoms with van der Waals surface area (Å²) < 4.78 is 0. The number of amides is 2. The maximum atomic E-state index is 13.0. The van der Waals surface area contributed by atoms with E-state index >= 15 is 0 Å². The number of carbonyl (C=O) groups is 2. The number of hydrogen-bond acceptors (Lipinski definition) is 3. The van der Waals surface area contributed by atoms with Crippen LogP contribution in [0.15, 0.2) is 0 Å². The van der Waals surface area contributed by atoms with Gasteiger partial charge < -0.3 is 5.73 Å². The molecule has 0 heterocycles. The number of hydrogen-bond donors (Lipinski definition) is 1. The van der Waals surface area contributed by atoms with Crippen molar-refractivity contribution >= 4 is 11.8 Å². The largest absolute Gasteiger partial charge is 0.328 e. The Labute approximate surface area is 186 Å². The molecule has 2 atom stereocenters. The van der Waals surface area contributed by atoms with Gasteiger partial charge in [-0.3, -0.25) is 14.5 Å². The fraction of sp³-hybridized carbons (Fsp3) is 0.923. The van der Waals surface area contributed by atoms with Gasteiger partial charge in [0.1, 0.15) is 0 Å². The summed E-state index contributed by atoms with van der Waals surface area (Å²) in [7, 11) is 0. The molecule has 0 aromatic rings. The molecule has 0 spiro atoms. The molecule has 0 radical (unpaired) electrons. The highest BCUT2D eigenvalue weighted by Crippen LogP contribution is 2.25. The first kappa shape index (κ1) is 27.1. The molecular formula is C26H50N2O2. The highest BCUT2D eigenvalue weighted by atomic mass is 16.2. The zero-order valence-corrected chi connectivity index (χ0v) is 20.1. The number of rotatable bonds is 17. The third-order valence-corrected chi connectivity index (χ3v) is 6.58. The number of nitrogens with two attached hydrogens (primary N) is 1. The van der Waals surface area contributed by atoms with Gasteiger partial charge in [0.25, 0.3) is 0 Å². The lowest BCUT2D eigenvalue weighted by Crippen LogP contribution is -2.48. The van der Waals surface area contributed by atoms with Crippen LogP contribution in [0.4, 0.5) is 0 Å². The predicted octanol–water partition coefficient (Wildman–Crippen LogP) is 6.89. The molecule has 4 heteroatoms. The van der Waals surface area contributed by atoms with E-state index in [1.807, 2.05) is 0 Å². The predicted molar refractivity (Wildman–Crippen MR) is 127 cm³/mol. The van der Waals surface area contributed by atoms with E-state index in [1.165, 1.54) is 64.2 Å². The molecule has 0 saturated heterocycles. The summed E-state index contributed by atoms with van der Waals surface area (Å²) in [5.41, 5.74) is 6.17. The van der Waals surface area contributed by atoms with Crippen LogP contribution in [0.5, 0.6) is 0 Å². The van der Waals surface area contributed by atoms with E-state index < -0.39 is 0 Å². The van der Waals surface area contributed by atoms with Crippen LogP contribution in [0.2, 0.25) is 0 Å². The molecular weight excluding hydrogens is 372 g/mol. The third kappa shape index (κ3) is 12.1. The maximum Gasteiger partial charge on any atom is 0.229 e. The van der Waals surface area contributed by atoms with Crippen molar-refractivity contribution in [3.05, 3.63) is 0 Å². The standard InChI is InChI=1S/C26H50N2O2/c1-3-5-7-9-11-13-15-20-25(29)28(24-19-17-18-23(27)22-24)26(30)21-16-14-12-10-8-6-4-2/h23-24H,3-22,27H2,1-2H3. The lowest BCUT2D eigenvalue weighted by atomic mass is 9.90. The lowest BCUT2D eigenvalue weighted by Gasteiger charge is -2.35. The normalized spacial score (nSPS) is 19.0. The van der Waals surface area contributed by atoms with Crippen molar-refractivity contribution in [3.63, 3.8) is 0 Å². The molecule has 2 amide bonds. The van der Waals surface area contributed by atoms with E-state index in [4.69, 9.17) is 5.73 Å². The van der Waals surface area contributed by atoms with Crippen molar-refractivity contribution in [3.8, 4) is 0 Å². The Morgan fingerprint density at radius 1 is 0.700 bits per heavy atom. The number of unbranched alkanes of at least 4 members (excludes halogenated alkanes) is 12. The molecule has 1 fully saturated rings. The number of imide groups is 1. The maximum absolute atomic E-state index is 13.0. The first-order valence-corrected chi connectivity index (χ1v) is 13.2. The quantitative estimate of drug-likeness (QED) is 0.259. The van der Waals surface area contributed by atoms with E-state index in [0.29, 0.717) is 12.8 Å². The van der Waals surface area contributed by atoms with E-state index in [9.17, 15) is 9.59 Å². The second kappa shape index (κ2) is 17.7. The average Bonchev–Trinajstić information content (AvgIpc) is 2.72. The summed E-state index contributed by atoms with van der Waals surface area (Å²) in [5.74, 6) is 0.103. The number of nitrogens with zero attached hydrogens (tertiary/aromatic N) is 1. The van der Waals surface area contributed by atoms with Gasteiger partial charge in [-0.25, -0.2) is 0 Å². The van der Waals surface area contributed by atoms with Crippen LogP contribution in [0.25, 0.3) is 0 Å². The molecule has 2 N–H and O–H groups in total. The summed E-state index contributed by atoms with van der Waals surface area (Å²) >= 11 is 0. The fourth-order valence-corrected chi connectivity index (χ4v) is 4.69. The molecule has 0 aliphatic heterocycles. The van der Waals surface area contributed by atoms with E-state index in [-0.39, 0.29) is 23.9 Å². The Morgan fingerprint density at radius 3 is 1.57 bits per heavy atom. The monoisotopic (exact) mass is 422 g/mol. The molecule has 30 heavy (non-hydrogen) atoms. The van der Waals surface area contributed by atoms with E-state index in [0.717, 1.165) is 51.4 Å². The van der Waals surface area contributed by atoms with Gasteiger partial charge in [-0.15, -0.1) is 0 Å². The van der Waals surface area contributed by atoms with E-state index in [2.05, 4.69) is 13.8 Å². The van der Waals surface area contributed by atoms with Crippen molar-refractivity contribution in [2.45, 2.75) is 154 Å². The smallest absolute Gasteiger partial charge is 0.229 e. The second-order valence-electron chi connectivity index (χ2n) is 9.48. The van der Waals surface area contributed by atoms with Crippen LogP contribution < -0.4 is 5.73 Å². The van der Waals surface area contributed by atoms with Crippen molar-refractivity contribution in [2.24, 2.45) is 5.73 Å². The molecule has 4 nitrogen and oxygen atoms in total. The fourth-order valence-electron chi connectivity index (χ4n) is 4.69. The van der Waals surface area contributed by atoms with Gasteiger partial charge in [-0.05, 0) is 38.5 Å². The van der Waals surface area contributed by atoms with Gasteiger partial charge in [0.15, 0.2) is 0 Å². The van der Waals surface area contributed by atoms with Gasteiger partial charge in [-0.2, -0.15) is 0 Å². The van der Waals surface area contributed by atoms with E-state index in [1.54, 1.807) is 4.90 Å². The van der Waals surface area contributed by atoms with Crippen LogP contribution in [-0.2, 0) is 9.59 Å². The van der Waals surface area contributed by atoms with Crippen molar-refractivity contribution in [1.29, 1.82) is 0 Å². The zero-order chi connectivity index (χ0) is 22.0. The molecule has 1 aliphatic carbocycles. The Bertz CT molecular complexity index is 422. The van der Waals surface area contributed by atoms with Gasteiger partial charge in [0.05, 0.1) is 0 Å². The van der Waals surface area contributed by atoms with Crippen molar-refractivity contribution in [2.75, 3.05) is 0 Å². The zero-order valence-electron chi connectivity index (χ0n) is 20.1. The molecule has 1 saturated carbocycles. The van der Waals surface area contributed by atoms with Crippen molar-refractivity contribution < 1.29 is 9.59 Å². The molecule has 0 aromatic carbocycles. The summed E-state index contributed by atoms with van der Waals surface area (Å²) in [4.78, 5) is 27.6. The highest BCUT2D eigenvalue weighted by Gasteiger charge is 2.32. The van der Waals surface area contributed by atoms with Crippen LogP contribution in [0.3, 0.4) is 0 Å². The van der Waals surface area contributed by atoms with Gasteiger partial charge >= 0.3 is 0 Å². The lowest BCUT2D eigenvalue weighted by molar-refractivity contribution is -0.148. The Hall–Kier alpha value is -0.900. The minimum absolute atomic E-state index is 0.0304. The minimum Gasteiger partial charge on any atom is -0.328 e. The molecule has 1 aliphatic rings. The van der Waals surface area contributed by atoms with Crippen molar-refractivity contribution in [1.82, 2.24) is 4.90 Å². The van der Waals surface area contributed by atoms with Gasteiger partial charge in [-0.1, -0.05) is 90.9 Å². The van der Waals surface area contributed by atoms with Gasteiger partial charge in [0, 0.05) is 24.9 Å². The molecule has 0 bridgehead atoms. The molecule has 0 aromatic heterocycles. The summed E-state index contributed by atoms with van der Waals surface area (Å²) in [6.45, 7) is 4.46. The van der Waals surface area contributed by atoms with Crippen LogP contribution in [0.1, 0.15) is 142 Å². The number of carbonyl (C=O) groups excluding carboxylic acids is 2. The SMILES string of the molecule is CCCCCCCCCC(=O)N(C(=O)CCCCCCCCC)C1CCCC(N)C1. The minimum atomic E-state index is 0.0304. The molecule has 2 unspecified atom stereocenters. The highest BCUT2D eigenvalue weighted by molar-refractivity contribution is 5.95. The molecule has 176 valence electrons. The van der Waals surface area contributed by atoms with Crippen LogP contribution >= 0.6 is 0 Å². The molecule has 1 rings (SSSR count). The van der Waals surface area contributed by atoms with Gasteiger partial charge in [0.2, 0.25) is 11.8 Å². The first-order chi connectivity index (χ1) is 14.6. The summed E-state index contributed by atoms with van der Waals surface area (Å²) in [6, 6.07) is 0.159. The Morgan fingerprint density at radius 2 is 1.13 bits per heavy atom. The first-order valence-electron chi connectivity index (χ1n) is 13.2. The summed E-state index contributed by atoms with van der Waals surface area (Å²) in [5, 5.41) is 0. The second-order valence-corrected chi connectivity index (χ2v) is 9.48. The van der Waals surface area contributed by atoms with Crippen LogP contribution in [-0.4, -0.2) is 28.8 Å².